The van der Waals surface area contributed by atoms with Gasteiger partial charge in [0.15, 0.2) is 0 Å². The smallest absolute Gasteiger partial charge is 0.279 e. The summed E-state index contributed by atoms with van der Waals surface area (Å²) in [7, 11) is 0. The van der Waals surface area contributed by atoms with Gasteiger partial charge in [0.2, 0.25) is 0 Å². The number of thioether (sulfide) groups is 1. The highest BCUT2D eigenvalue weighted by Gasteiger charge is 2.24. The maximum absolute atomic E-state index is 12.8. The summed E-state index contributed by atoms with van der Waals surface area (Å²) in [5.74, 6) is -0.117. The van der Waals surface area contributed by atoms with Gasteiger partial charge in [-0.1, -0.05) is 6.07 Å². The average molecular weight is 332 g/mol. The van der Waals surface area contributed by atoms with Crippen LogP contribution in [0.2, 0.25) is 0 Å². The first-order valence-corrected chi connectivity index (χ1v) is 8.28. The van der Waals surface area contributed by atoms with Crippen molar-refractivity contribution in [3.8, 4) is 6.07 Å². The Hall–Kier alpha value is -3.04. The summed E-state index contributed by atoms with van der Waals surface area (Å²) in [6.45, 7) is 0. The van der Waals surface area contributed by atoms with Crippen molar-refractivity contribution in [1.29, 1.82) is 5.26 Å². The van der Waals surface area contributed by atoms with Crippen LogP contribution >= 0.6 is 11.8 Å². The number of aromatic nitrogens is 2. The van der Waals surface area contributed by atoms with E-state index in [1.165, 1.54) is 0 Å². The van der Waals surface area contributed by atoms with Crippen LogP contribution in [0.3, 0.4) is 0 Å². The monoisotopic (exact) mass is 332 g/mol. The van der Waals surface area contributed by atoms with Crippen molar-refractivity contribution in [3.05, 3.63) is 77.2 Å². The lowest BCUT2D eigenvalue weighted by Gasteiger charge is -2.12. The lowest BCUT2D eigenvalue weighted by atomic mass is 10.2. The van der Waals surface area contributed by atoms with Crippen LogP contribution in [-0.4, -0.2) is 15.5 Å². The van der Waals surface area contributed by atoms with Gasteiger partial charge in [0.05, 0.1) is 17.1 Å². The Morgan fingerprint density at radius 3 is 3.04 bits per heavy atom. The molecule has 2 aromatic heterocycles. The van der Waals surface area contributed by atoms with E-state index in [4.69, 9.17) is 5.26 Å². The number of hydrogen-bond acceptors (Lipinski definition) is 5. The zero-order valence-electron chi connectivity index (χ0n) is 12.5. The molecule has 3 heterocycles. The third kappa shape index (κ3) is 2.45. The Kier molecular flexibility index (Phi) is 3.56. The summed E-state index contributed by atoms with van der Waals surface area (Å²) in [6, 6.07) is 13.1. The molecule has 1 aliphatic heterocycles. The van der Waals surface area contributed by atoms with Gasteiger partial charge in [0.1, 0.15) is 11.1 Å². The van der Waals surface area contributed by atoms with Crippen molar-refractivity contribution >= 4 is 28.6 Å². The number of nitriles is 1. The number of hydrogen-bond donors (Lipinski definition) is 1. The third-order valence-electron chi connectivity index (χ3n) is 3.86. The number of carbonyl (C=O) groups is 1. The minimum absolute atomic E-state index is 0.00957. The first kappa shape index (κ1) is 14.5. The normalized spacial score (nSPS) is 16.5. The molecule has 0 bridgehead atoms. The molecule has 4 rings (SSSR count). The SMILES string of the molecule is N#Cc1ccc2c(ccn2C(=O)C2=CSC(c3cccnc3)N2)c1. The predicted octanol–water partition coefficient (Wildman–Crippen LogP) is 3.42. The van der Waals surface area contributed by atoms with Gasteiger partial charge in [-0.15, -0.1) is 11.8 Å². The summed E-state index contributed by atoms with van der Waals surface area (Å²) < 4.78 is 1.60. The number of pyridine rings is 1. The van der Waals surface area contributed by atoms with E-state index in [-0.39, 0.29) is 11.3 Å². The van der Waals surface area contributed by atoms with Gasteiger partial charge in [-0.2, -0.15) is 5.26 Å². The first-order valence-electron chi connectivity index (χ1n) is 7.34. The summed E-state index contributed by atoms with van der Waals surface area (Å²) in [5, 5.41) is 14.9. The minimum atomic E-state index is -0.117. The van der Waals surface area contributed by atoms with Gasteiger partial charge in [-0.05, 0) is 30.3 Å². The van der Waals surface area contributed by atoms with Crippen molar-refractivity contribution in [2.45, 2.75) is 5.37 Å². The van der Waals surface area contributed by atoms with E-state index in [1.807, 2.05) is 23.6 Å². The van der Waals surface area contributed by atoms with E-state index in [0.29, 0.717) is 11.3 Å². The summed E-state index contributed by atoms with van der Waals surface area (Å²) in [6.07, 6.45) is 5.25. The van der Waals surface area contributed by atoms with Gasteiger partial charge in [0.25, 0.3) is 5.91 Å². The first-order chi connectivity index (χ1) is 11.8. The van der Waals surface area contributed by atoms with Gasteiger partial charge in [-0.25, -0.2) is 0 Å². The van der Waals surface area contributed by atoms with E-state index in [1.54, 1.807) is 53.1 Å². The highest BCUT2D eigenvalue weighted by Crippen LogP contribution is 2.34. The molecule has 5 nitrogen and oxygen atoms in total. The van der Waals surface area contributed by atoms with Crippen molar-refractivity contribution in [3.63, 3.8) is 0 Å². The molecule has 24 heavy (non-hydrogen) atoms. The molecule has 0 saturated carbocycles. The maximum atomic E-state index is 12.8. The predicted molar refractivity (Wildman–Crippen MR) is 93.1 cm³/mol. The maximum Gasteiger partial charge on any atom is 0.279 e. The highest BCUT2D eigenvalue weighted by atomic mass is 32.2. The zero-order chi connectivity index (χ0) is 16.5. The molecule has 0 aliphatic carbocycles. The van der Waals surface area contributed by atoms with Crippen LogP contribution in [-0.2, 0) is 0 Å². The Labute approximate surface area is 142 Å². The Morgan fingerprint density at radius 2 is 2.25 bits per heavy atom. The minimum Gasteiger partial charge on any atom is -0.364 e. The largest absolute Gasteiger partial charge is 0.364 e. The fraction of sp³-hybridized carbons (Fsp3) is 0.0556. The quantitative estimate of drug-likeness (QED) is 0.778. The molecule has 0 fully saturated rings. The second kappa shape index (κ2) is 5.87. The number of nitrogens with one attached hydrogen (secondary N) is 1. The highest BCUT2D eigenvalue weighted by molar-refractivity contribution is 8.02. The molecule has 0 saturated heterocycles. The molecule has 1 aliphatic rings. The number of rotatable bonds is 2. The van der Waals surface area contributed by atoms with E-state index in [0.717, 1.165) is 16.5 Å². The van der Waals surface area contributed by atoms with E-state index in [2.05, 4.69) is 16.4 Å². The van der Waals surface area contributed by atoms with Gasteiger partial charge in [0, 0.05) is 34.9 Å². The third-order valence-corrected chi connectivity index (χ3v) is 4.90. The second-order valence-corrected chi connectivity index (χ2v) is 6.33. The fourth-order valence-corrected chi connectivity index (χ4v) is 3.60. The lowest BCUT2D eigenvalue weighted by Crippen LogP contribution is -2.23. The van der Waals surface area contributed by atoms with Gasteiger partial charge in [-0.3, -0.25) is 14.3 Å². The standard InChI is InChI=1S/C18H12N4OS/c19-9-12-3-4-16-13(8-12)5-7-22(16)18(23)15-11-24-17(21-15)14-2-1-6-20-10-14/h1-8,10-11,17,21H. The molecule has 6 heteroatoms. The number of benzene rings is 1. The number of nitrogens with zero attached hydrogens (tertiary/aromatic N) is 3. The topological polar surface area (TPSA) is 70.7 Å². The van der Waals surface area contributed by atoms with Crippen LogP contribution in [0.25, 0.3) is 10.9 Å². The number of fused-ring (bicyclic) bond motifs is 1. The van der Waals surface area contributed by atoms with Gasteiger partial charge >= 0.3 is 0 Å². The molecule has 1 unspecified atom stereocenters. The molecular formula is C18H12N4OS. The van der Waals surface area contributed by atoms with Crippen LogP contribution in [0.1, 0.15) is 21.3 Å². The van der Waals surface area contributed by atoms with E-state index < -0.39 is 0 Å². The molecule has 0 amide bonds. The van der Waals surface area contributed by atoms with Crippen LogP contribution < -0.4 is 5.32 Å². The molecule has 0 radical (unpaired) electrons. The summed E-state index contributed by atoms with van der Waals surface area (Å²) in [5.41, 5.74) is 2.95. The molecule has 1 atom stereocenters. The Balaban J connectivity index is 1.60. The summed E-state index contributed by atoms with van der Waals surface area (Å²) >= 11 is 1.55. The van der Waals surface area contributed by atoms with Crippen LogP contribution in [0, 0.1) is 11.3 Å². The van der Waals surface area contributed by atoms with Crippen LogP contribution in [0.4, 0.5) is 0 Å². The second-order valence-electron chi connectivity index (χ2n) is 5.35. The van der Waals surface area contributed by atoms with Crippen molar-refractivity contribution in [2.75, 3.05) is 0 Å². The molecule has 3 aromatic rings. The van der Waals surface area contributed by atoms with Crippen molar-refractivity contribution in [2.24, 2.45) is 0 Å². The van der Waals surface area contributed by atoms with Crippen molar-refractivity contribution < 1.29 is 4.79 Å². The molecular weight excluding hydrogens is 320 g/mol. The van der Waals surface area contributed by atoms with E-state index in [9.17, 15) is 4.79 Å². The number of carbonyl (C=O) groups excluding carboxylic acids is 1. The average Bonchev–Trinajstić information content (AvgIpc) is 3.28. The molecule has 1 N–H and O–H groups in total. The fourth-order valence-electron chi connectivity index (χ4n) is 2.67. The number of allylic oxidation sites excluding steroid dienone is 1. The van der Waals surface area contributed by atoms with Crippen LogP contribution in [0.5, 0.6) is 0 Å². The van der Waals surface area contributed by atoms with Crippen LogP contribution in [0.15, 0.2) is 66.1 Å². The Morgan fingerprint density at radius 1 is 1.33 bits per heavy atom. The van der Waals surface area contributed by atoms with E-state index >= 15 is 0 Å². The van der Waals surface area contributed by atoms with Gasteiger partial charge < -0.3 is 5.32 Å². The summed E-state index contributed by atoms with van der Waals surface area (Å²) in [4.78, 5) is 16.9. The lowest BCUT2D eigenvalue weighted by molar-refractivity contribution is 0.0952. The molecule has 1 aromatic carbocycles. The molecule has 0 spiro atoms. The Bertz CT molecular complexity index is 1000. The molecule has 116 valence electrons. The van der Waals surface area contributed by atoms with Crippen molar-refractivity contribution in [1.82, 2.24) is 14.9 Å². The zero-order valence-corrected chi connectivity index (χ0v) is 13.3.